The fourth-order valence-corrected chi connectivity index (χ4v) is 6.42. The molecule has 5 heteroatoms. The molecule has 196 valence electrons. The molecular formula is C29H49FO4. The van der Waals surface area contributed by atoms with Gasteiger partial charge in [0.15, 0.2) is 0 Å². The first-order valence-corrected chi connectivity index (χ1v) is 14.5. The van der Waals surface area contributed by atoms with Crippen LogP contribution in [0.4, 0.5) is 4.39 Å². The molecule has 3 rings (SSSR count). The minimum absolute atomic E-state index is 0.00875. The number of hydrogen-bond acceptors (Lipinski definition) is 4. The van der Waals surface area contributed by atoms with Crippen LogP contribution >= 0.6 is 0 Å². The largest absolute Gasteiger partial charge is 0.465 e. The molecular weight excluding hydrogens is 431 g/mol. The number of carbonyl (C=O) groups excluding carboxylic acids is 2. The number of rotatable bonds is 11. The minimum atomic E-state index is -0.870. The number of alkyl halides is 1. The Hall–Kier alpha value is -1.13. The van der Waals surface area contributed by atoms with Crippen molar-refractivity contribution < 1.29 is 23.5 Å². The molecule has 3 atom stereocenters. The van der Waals surface area contributed by atoms with Gasteiger partial charge >= 0.3 is 11.9 Å². The van der Waals surface area contributed by atoms with E-state index in [2.05, 4.69) is 6.92 Å². The molecule has 0 N–H and O–H groups in total. The van der Waals surface area contributed by atoms with E-state index < -0.39 is 6.17 Å². The summed E-state index contributed by atoms with van der Waals surface area (Å²) >= 11 is 0. The van der Waals surface area contributed by atoms with E-state index in [1.165, 1.54) is 25.7 Å². The molecule has 0 amide bonds. The van der Waals surface area contributed by atoms with Gasteiger partial charge in [-0.1, -0.05) is 46.0 Å². The molecule has 0 bridgehead atoms. The number of unbranched alkanes of at least 4 members (excludes halogenated alkanes) is 5. The molecule has 3 unspecified atom stereocenters. The monoisotopic (exact) mass is 480 g/mol. The average Bonchev–Trinajstić information content (AvgIpc) is 2.85. The lowest BCUT2D eigenvalue weighted by atomic mass is 9.70. The Labute approximate surface area is 207 Å². The maximum atomic E-state index is 14.0. The summed E-state index contributed by atoms with van der Waals surface area (Å²) in [6, 6.07) is 0. The third kappa shape index (κ3) is 8.52. The Morgan fingerprint density at radius 3 is 1.97 bits per heavy atom. The number of hydrogen-bond donors (Lipinski definition) is 0. The Kier molecular flexibility index (Phi) is 11.7. The van der Waals surface area contributed by atoms with Crippen molar-refractivity contribution in [3.63, 3.8) is 0 Å². The van der Waals surface area contributed by atoms with Crippen LogP contribution < -0.4 is 0 Å². The molecule has 0 aromatic carbocycles. The van der Waals surface area contributed by atoms with Crippen LogP contribution in [-0.4, -0.2) is 30.8 Å². The van der Waals surface area contributed by atoms with E-state index >= 15 is 0 Å². The second-order valence-corrected chi connectivity index (χ2v) is 11.5. The summed E-state index contributed by atoms with van der Waals surface area (Å²) in [4.78, 5) is 25.0. The zero-order valence-electron chi connectivity index (χ0n) is 21.8. The van der Waals surface area contributed by atoms with Gasteiger partial charge in [-0.15, -0.1) is 0 Å². The molecule has 0 spiro atoms. The number of ether oxygens (including phenoxy) is 2. The summed E-state index contributed by atoms with van der Waals surface area (Å²) in [5.41, 5.74) is 0. The smallest absolute Gasteiger partial charge is 0.309 e. The average molecular weight is 481 g/mol. The molecule has 0 aromatic heterocycles. The topological polar surface area (TPSA) is 52.6 Å². The van der Waals surface area contributed by atoms with Crippen LogP contribution in [0.5, 0.6) is 0 Å². The van der Waals surface area contributed by atoms with Crippen LogP contribution in [0.3, 0.4) is 0 Å². The first kappa shape index (κ1) is 27.5. The fraction of sp³-hybridized carbons (Fsp3) is 0.931. The van der Waals surface area contributed by atoms with E-state index in [9.17, 15) is 14.0 Å². The molecule has 3 aliphatic rings. The van der Waals surface area contributed by atoms with Gasteiger partial charge in [-0.25, -0.2) is 4.39 Å². The minimum Gasteiger partial charge on any atom is -0.465 e. The molecule has 0 aliphatic heterocycles. The maximum Gasteiger partial charge on any atom is 0.309 e. The van der Waals surface area contributed by atoms with E-state index in [1.807, 2.05) is 6.92 Å². The standard InChI is InChI=1S/C29H49FO4/c1-3-4-5-6-7-8-19-33-28(31)24-13-11-22(12-14-24)23-15-17-26(18-16-23)34-29(32)25-10-9-21(2)27(30)20-25/h21-27H,3-20H2,1-2H3. The zero-order valence-corrected chi connectivity index (χ0v) is 21.8. The first-order valence-electron chi connectivity index (χ1n) is 14.5. The molecule has 3 fully saturated rings. The third-order valence-electron chi connectivity index (χ3n) is 8.95. The summed E-state index contributed by atoms with van der Waals surface area (Å²) in [6.07, 6.45) is 16.5. The highest BCUT2D eigenvalue weighted by Gasteiger charge is 2.36. The Bertz CT molecular complexity index is 607. The lowest BCUT2D eigenvalue weighted by molar-refractivity contribution is -0.158. The van der Waals surface area contributed by atoms with Crippen molar-refractivity contribution in [2.75, 3.05) is 6.61 Å². The van der Waals surface area contributed by atoms with Crippen LogP contribution in [-0.2, 0) is 19.1 Å². The van der Waals surface area contributed by atoms with Crippen molar-refractivity contribution in [2.45, 2.75) is 135 Å². The van der Waals surface area contributed by atoms with Crippen LogP contribution in [0.25, 0.3) is 0 Å². The van der Waals surface area contributed by atoms with Gasteiger partial charge < -0.3 is 9.47 Å². The van der Waals surface area contributed by atoms with Gasteiger partial charge in [-0.2, -0.15) is 0 Å². The van der Waals surface area contributed by atoms with Crippen molar-refractivity contribution in [1.82, 2.24) is 0 Å². The fourth-order valence-electron chi connectivity index (χ4n) is 6.42. The number of carbonyl (C=O) groups is 2. The van der Waals surface area contributed by atoms with Gasteiger partial charge in [0.1, 0.15) is 12.3 Å². The molecule has 3 aliphatic carbocycles. The van der Waals surface area contributed by atoms with E-state index in [0.29, 0.717) is 24.9 Å². The van der Waals surface area contributed by atoms with Gasteiger partial charge in [-0.05, 0) is 94.8 Å². The summed E-state index contributed by atoms with van der Waals surface area (Å²) in [5.74, 6) is 1.13. The van der Waals surface area contributed by atoms with Crippen molar-refractivity contribution >= 4 is 11.9 Å². The van der Waals surface area contributed by atoms with Crippen LogP contribution in [0.2, 0.25) is 0 Å². The maximum absolute atomic E-state index is 14.0. The Morgan fingerprint density at radius 2 is 1.32 bits per heavy atom. The van der Waals surface area contributed by atoms with E-state index in [1.54, 1.807) is 0 Å². The molecule has 4 nitrogen and oxygen atoms in total. The van der Waals surface area contributed by atoms with Crippen LogP contribution in [0.15, 0.2) is 0 Å². The Morgan fingerprint density at radius 1 is 0.735 bits per heavy atom. The summed E-state index contributed by atoms with van der Waals surface area (Å²) in [5, 5.41) is 0. The normalized spacial score (nSPS) is 34.4. The van der Waals surface area contributed by atoms with Crippen molar-refractivity contribution in [3.05, 3.63) is 0 Å². The lowest BCUT2D eigenvalue weighted by Gasteiger charge is -2.37. The predicted molar refractivity (Wildman–Crippen MR) is 133 cm³/mol. The highest BCUT2D eigenvalue weighted by atomic mass is 19.1. The number of halogens is 1. The summed E-state index contributed by atoms with van der Waals surface area (Å²) in [7, 11) is 0. The van der Waals surface area contributed by atoms with Gasteiger partial charge in [0.05, 0.1) is 18.4 Å². The lowest BCUT2D eigenvalue weighted by Crippen LogP contribution is -2.34. The van der Waals surface area contributed by atoms with E-state index in [4.69, 9.17) is 9.47 Å². The highest BCUT2D eigenvalue weighted by Crippen LogP contribution is 2.41. The van der Waals surface area contributed by atoms with Crippen molar-refractivity contribution in [2.24, 2.45) is 29.6 Å². The van der Waals surface area contributed by atoms with Crippen LogP contribution in [0, 0.1) is 29.6 Å². The second kappa shape index (κ2) is 14.4. The van der Waals surface area contributed by atoms with Gasteiger partial charge in [0.2, 0.25) is 0 Å². The molecule has 0 saturated heterocycles. The van der Waals surface area contributed by atoms with E-state index in [-0.39, 0.29) is 35.8 Å². The zero-order chi connectivity index (χ0) is 24.3. The van der Waals surface area contributed by atoms with Crippen molar-refractivity contribution in [1.29, 1.82) is 0 Å². The quantitative estimate of drug-likeness (QED) is 0.226. The number of esters is 2. The van der Waals surface area contributed by atoms with Crippen LogP contribution in [0.1, 0.15) is 123 Å². The molecule has 0 aromatic rings. The molecule has 34 heavy (non-hydrogen) atoms. The molecule has 0 heterocycles. The van der Waals surface area contributed by atoms with Gasteiger partial charge in [0, 0.05) is 0 Å². The van der Waals surface area contributed by atoms with Gasteiger partial charge in [0.25, 0.3) is 0 Å². The molecule has 3 saturated carbocycles. The SMILES string of the molecule is CCCCCCCCOC(=O)C1CCC(C2CCC(OC(=O)C3CCC(C)C(F)C3)CC2)CC1. The molecule has 0 radical (unpaired) electrons. The highest BCUT2D eigenvalue weighted by molar-refractivity contribution is 5.73. The second-order valence-electron chi connectivity index (χ2n) is 11.5. The summed E-state index contributed by atoms with van der Waals surface area (Å²) < 4.78 is 25.4. The third-order valence-corrected chi connectivity index (χ3v) is 8.95. The van der Waals surface area contributed by atoms with E-state index in [0.717, 1.165) is 77.0 Å². The van der Waals surface area contributed by atoms with Gasteiger partial charge in [-0.3, -0.25) is 9.59 Å². The first-order chi connectivity index (χ1) is 16.5. The Balaban J connectivity index is 1.27. The van der Waals surface area contributed by atoms with Crippen molar-refractivity contribution in [3.8, 4) is 0 Å². The summed E-state index contributed by atoms with van der Waals surface area (Å²) in [6.45, 7) is 4.74. The predicted octanol–water partition coefficient (Wildman–Crippen LogP) is 7.57.